The highest BCUT2D eigenvalue weighted by atomic mass is 16.1. The zero-order valence-electron chi connectivity index (χ0n) is 10.5. The fourth-order valence-corrected chi connectivity index (χ4v) is 1.97. The zero-order valence-corrected chi connectivity index (χ0v) is 10.5. The third kappa shape index (κ3) is 2.64. The molecule has 0 atom stereocenters. The lowest BCUT2D eigenvalue weighted by molar-refractivity contribution is 0.111. The molecule has 4 nitrogen and oxygen atoms in total. The molecule has 0 spiro atoms. The van der Waals surface area contributed by atoms with Gasteiger partial charge in [0, 0.05) is 12.1 Å². The van der Waals surface area contributed by atoms with E-state index < -0.39 is 0 Å². The number of benzene rings is 1. The molecule has 0 fully saturated rings. The number of unbranched alkanes of at least 4 members (excludes halogenated alkanes) is 2. The molecule has 0 radical (unpaired) electrons. The van der Waals surface area contributed by atoms with Crippen molar-refractivity contribution in [3.63, 3.8) is 0 Å². The second-order valence-electron chi connectivity index (χ2n) is 4.24. The van der Waals surface area contributed by atoms with Gasteiger partial charge in [-0.25, -0.2) is 4.68 Å². The highest BCUT2D eigenvalue weighted by Crippen LogP contribution is 2.21. The highest BCUT2D eigenvalue weighted by molar-refractivity contribution is 5.83. The summed E-state index contributed by atoms with van der Waals surface area (Å²) in [5.41, 5.74) is 2.22. The molecule has 0 amide bonds. The summed E-state index contributed by atoms with van der Waals surface area (Å²) < 4.78 is 1.83. The molecule has 0 saturated carbocycles. The summed E-state index contributed by atoms with van der Waals surface area (Å²) in [4.78, 5) is 11.0. The van der Waals surface area contributed by atoms with E-state index in [0.717, 1.165) is 43.4 Å². The lowest BCUT2D eigenvalue weighted by Gasteiger charge is -2.06. The van der Waals surface area contributed by atoms with E-state index in [1.807, 2.05) is 35.0 Å². The van der Waals surface area contributed by atoms with Crippen molar-refractivity contribution in [1.29, 1.82) is 0 Å². The fourth-order valence-electron chi connectivity index (χ4n) is 1.97. The standard InChI is InChI=1S/C14H17N3O/c1-2-3-7-10-17-14(13(11-18)15-16-17)12-8-5-4-6-9-12/h4-6,8-9,11H,2-3,7,10H2,1H3. The number of rotatable bonds is 6. The molecule has 0 bridgehead atoms. The first-order chi connectivity index (χ1) is 8.86. The average molecular weight is 243 g/mol. The van der Waals surface area contributed by atoms with E-state index in [4.69, 9.17) is 0 Å². The summed E-state index contributed by atoms with van der Waals surface area (Å²) in [6.45, 7) is 2.97. The molecule has 0 saturated heterocycles. The van der Waals surface area contributed by atoms with Crippen molar-refractivity contribution >= 4 is 6.29 Å². The number of hydrogen-bond acceptors (Lipinski definition) is 3. The SMILES string of the molecule is CCCCCn1nnc(C=O)c1-c1ccccc1. The Morgan fingerprint density at radius 3 is 2.67 bits per heavy atom. The van der Waals surface area contributed by atoms with Crippen LogP contribution < -0.4 is 0 Å². The minimum Gasteiger partial charge on any atom is -0.296 e. The molecule has 1 aromatic heterocycles. The molecule has 0 aliphatic carbocycles. The van der Waals surface area contributed by atoms with Gasteiger partial charge < -0.3 is 0 Å². The molecular formula is C14H17N3O. The number of carbonyl (C=O) groups excluding carboxylic acids is 1. The van der Waals surface area contributed by atoms with Crippen LogP contribution in [0.25, 0.3) is 11.3 Å². The van der Waals surface area contributed by atoms with Gasteiger partial charge >= 0.3 is 0 Å². The van der Waals surface area contributed by atoms with E-state index in [1.165, 1.54) is 0 Å². The van der Waals surface area contributed by atoms with Gasteiger partial charge in [-0.3, -0.25) is 4.79 Å². The van der Waals surface area contributed by atoms with Gasteiger partial charge in [0.05, 0.1) is 5.69 Å². The third-order valence-corrected chi connectivity index (χ3v) is 2.89. The van der Waals surface area contributed by atoms with Crippen molar-refractivity contribution in [2.24, 2.45) is 0 Å². The fraction of sp³-hybridized carbons (Fsp3) is 0.357. The zero-order chi connectivity index (χ0) is 12.8. The molecule has 18 heavy (non-hydrogen) atoms. The molecule has 1 aromatic carbocycles. The predicted octanol–water partition coefficient (Wildman–Crippen LogP) is 2.95. The molecular weight excluding hydrogens is 226 g/mol. The van der Waals surface area contributed by atoms with Crippen LogP contribution in [0.2, 0.25) is 0 Å². The normalized spacial score (nSPS) is 10.5. The second kappa shape index (κ2) is 6.10. The number of aldehydes is 1. The maximum Gasteiger partial charge on any atom is 0.172 e. The first-order valence-corrected chi connectivity index (χ1v) is 6.31. The van der Waals surface area contributed by atoms with Crippen LogP contribution in [-0.2, 0) is 6.54 Å². The smallest absolute Gasteiger partial charge is 0.172 e. The maximum atomic E-state index is 11.0. The maximum absolute atomic E-state index is 11.0. The second-order valence-corrected chi connectivity index (χ2v) is 4.24. The molecule has 1 heterocycles. The summed E-state index contributed by atoms with van der Waals surface area (Å²) in [6, 6.07) is 9.81. The lowest BCUT2D eigenvalue weighted by Crippen LogP contribution is -2.03. The van der Waals surface area contributed by atoms with Crippen molar-refractivity contribution < 1.29 is 4.79 Å². The van der Waals surface area contributed by atoms with Gasteiger partial charge in [0.25, 0.3) is 0 Å². The summed E-state index contributed by atoms with van der Waals surface area (Å²) in [7, 11) is 0. The van der Waals surface area contributed by atoms with Crippen LogP contribution in [0, 0.1) is 0 Å². The van der Waals surface area contributed by atoms with E-state index in [-0.39, 0.29) is 0 Å². The van der Waals surface area contributed by atoms with Crippen molar-refractivity contribution in [2.45, 2.75) is 32.7 Å². The van der Waals surface area contributed by atoms with Crippen LogP contribution in [0.3, 0.4) is 0 Å². The number of carbonyl (C=O) groups is 1. The van der Waals surface area contributed by atoms with Gasteiger partial charge in [-0.2, -0.15) is 0 Å². The van der Waals surface area contributed by atoms with Crippen molar-refractivity contribution in [1.82, 2.24) is 15.0 Å². The van der Waals surface area contributed by atoms with E-state index in [1.54, 1.807) is 0 Å². The van der Waals surface area contributed by atoms with Crippen LogP contribution in [0.4, 0.5) is 0 Å². The molecule has 0 aliphatic heterocycles. The Balaban J connectivity index is 2.31. The van der Waals surface area contributed by atoms with E-state index in [0.29, 0.717) is 5.69 Å². The Kier molecular flexibility index (Phi) is 4.23. The van der Waals surface area contributed by atoms with Crippen LogP contribution >= 0.6 is 0 Å². The van der Waals surface area contributed by atoms with Crippen molar-refractivity contribution in [2.75, 3.05) is 0 Å². The van der Waals surface area contributed by atoms with Crippen molar-refractivity contribution in [3.05, 3.63) is 36.0 Å². The van der Waals surface area contributed by atoms with Gasteiger partial charge in [-0.15, -0.1) is 5.10 Å². The number of aryl methyl sites for hydroxylation is 1. The molecule has 94 valence electrons. The monoisotopic (exact) mass is 243 g/mol. The number of nitrogens with zero attached hydrogens (tertiary/aromatic N) is 3. The Bertz CT molecular complexity index is 505. The summed E-state index contributed by atoms with van der Waals surface area (Å²) in [5, 5.41) is 8.01. The predicted molar refractivity (Wildman–Crippen MR) is 70.4 cm³/mol. The largest absolute Gasteiger partial charge is 0.296 e. The Labute approximate surface area is 107 Å². The summed E-state index contributed by atoms with van der Waals surface area (Å²) >= 11 is 0. The van der Waals surface area contributed by atoms with Crippen LogP contribution in [-0.4, -0.2) is 21.3 Å². The molecule has 2 aromatic rings. The van der Waals surface area contributed by atoms with Gasteiger partial charge in [0.1, 0.15) is 0 Å². The first kappa shape index (κ1) is 12.5. The molecule has 0 aliphatic rings. The van der Waals surface area contributed by atoms with Crippen LogP contribution in [0.1, 0.15) is 36.7 Å². The Morgan fingerprint density at radius 2 is 2.00 bits per heavy atom. The molecule has 2 rings (SSSR count). The van der Waals surface area contributed by atoms with E-state index in [2.05, 4.69) is 17.2 Å². The average Bonchev–Trinajstić information content (AvgIpc) is 2.83. The van der Waals surface area contributed by atoms with Crippen LogP contribution in [0.15, 0.2) is 30.3 Å². The topological polar surface area (TPSA) is 47.8 Å². The van der Waals surface area contributed by atoms with Gasteiger partial charge in [0.2, 0.25) is 0 Å². The Hall–Kier alpha value is -1.97. The van der Waals surface area contributed by atoms with Gasteiger partial charge in [-0.1, -0.05) is 55.3 Å². The van der Waals surface area contributed by atoms with E-state index in [9.17, 15) is 4.79 Å². The molecule has 4 heteroatoms. The summed E-state index contributed by atoms with van der Waals surface area (Å²) in [5.74, 6) is 0. The molecule has 0 N–H and O–H groups in total. The highest BCUT2D eigenvalue weighted by Gasteiger charge is 2.13. The number of aromatic nitrogens is 3. The summed E-state index contributed by atoms with van der Waals surface area (Å²) in [6.07, 6.45) is 4.14. The quantitative estimate of drug-likeness (QED) is 0.579. The van der Waals surface area contributed by atoms with Gasteiger partial charge in [-0.05, 0) is 6.42 Å². The number of hydrogen-bond donors (Lipinski definition) is 0. The van der Waals surface area contributed by atoms with Crippen LogP contribution in [0.5, 0.6) is 0 Å². The van der Waals surface area contributed by atoms with Crippen molar-refractivity contribution in [3.8, 4) is 11.3 Å². The lowest BCUT2D eigenvalue weighted by atomic mass is 10.1. The van der Waals surface area contributed by atoms with Gasteiger partial charge in [0.15, 0.2) is 12.0 Å². The minimum atomic E-state index is 0.415. The first-order valence-electron chi connectivity index (χ1n) is 6.31. The van der Waals surface area contributed by atoms with E-state index >= 15 is 0 Å². The minimum absolute atomic E-state index is 0.415. The molecule has 0 unspecified atom stereocenters. The Morgan fingerprint density at radius 1 is 1.22 bits per heavy atom. The third-order valence-electron chi connectivity index (χ3n) is 2.89.